The van der Waals surface area contributed by atoms with Gasteiger partial charge in [0.2, 0.25) is 0 Å². The third kappa shape index (κ3) is 3.98. The van der Waals surface area contributed by atoms with Gasteiger partial charge in [0.15, 0.2) is 5.12 Å². The van der Waals surface area contributed by atoms with Gasteiger partial charge in [0.1, 0.15) is 5.75 Å². The van der Waals surface area contributed by atoms with Crippen molar-refractivity contribution in [3.63, 3.8) is 0 Å². The summed E-state index contributed by atoms with van der Waals surface area (Å²) in [6.07, 6.45) is 3.88. The van der Waals surface area contributed by atoms with Crippen LogP contribution in [0.4, 0.5) is 5.69 Å². The van der Waals surface area contributed by atoms with Crippen LogP contribution in [0.5, 0.6) is 5.75 Å². The molecule has 0 unspecified atom stereocenters. The van der Waals surface area contributed by atoms with Gasteiger partial charge in [0, 0.05) is 12.7 Å². The Bertz CT molecular complexity index is 402. The second kappa shape index (κ2) is 6.23. The van der Waals surface area contributed by atoms with Crippen LogP contribution in [0.15, 0.2) is 24.3 Å². The van der Waals surface area contributed by atoms with Crippen molar-refractivity contribution < 1.29 is 9.53 Å². The molecule has 2 N–H and O–H groups in total. The molecule has 4 heteroatoms. The number of benzene rings is 1. The van der Waals surface area contributed by atoms with Gasteiger partial charge in [0.05, 0.1) is 12.8 Å². The molecule has 0 aliphatic heterocycles. The number of carbonyl (C=O) groups is 1. The molecule has 1 aromatic carbocycles. The van der Waals surface area contributed by atoms with E-state index in [1.807, 2.05) is 24.3 Å². The van der Waals surface area contributed by atoms with E-state index in [4.69, 9.17) is 10.5 Å². The normalized spacial score (nSPS) is 10.6. The summed E-state index contributed by atoms with van der Waals surface area (Å²) in [5.74, 6) is 1.35. The number of hydrogen-bond donors (Lipinski definition) is 1. The third-order valence-corrected chi connectivity index (χ3v) is 2.72. The number of thioether (sulfide) groups is 1. The van der Waals surface area contributed by atoms with Crippen LogP contribution in [0.2, 0.25) is 0 Å². The molecule has 16 heavy (non-hydrogen) atoms. The van der Waals surface area contributed by atoms with E-state index >= 15 is 0 Å². The molecule has 0 aliphatic carbocycles. The van der Waals surface area contributed by atoms with Crippen LogP contribution in [0.3, 0.4) is 0 Å². The Morgan fingerprint density at radius 2 is 2.31 bits per heavy atom. The van der Waals surface area contributed by atoms with Gasteiger partial charge in [-0.3, -0.25) is 4.79 Å². The largest absolute Gasteiger partial charge is 0.495 e. The molecule has 0 fully saturated rings. The lowest BCUT2D eigenvalue weighted by Crippen LogP contribution is -1.92. The number of methoxy groups -OCH3 is 1. The van der Waals surface area contributed by atoms with Gasteiger partial charge in [0.25, 0.3) is 0 Å². The SMILES string of the molecule is COc1cc(C=CCSC(C)=O)ccc1N. The maximum atomic E-state index is 10.7. The van der Waals surface area contributed by atoms with Gasteiger partial charge in [-0.15, -0.1) is 0 Å². The van der Waals surface area contributed by atoms with Crippen molar-refractivity contribution in [3.8, 4) is 5.75 Å². The van der Waals surface area contributed by atoms with Crippen molar-refractivity contribution in [1.29, 1.82) is 0 Å². The van der Waals surface area contributed by atoms with E-state index < -0.39 is 0 Å². The predicted octanol–water partition coefficient (Wildman–Crippen LogP) is 2.57. The van der Waals surface area contributed by atoms with Gasteiger partial charge in [-0.05, 0) is 17.7 Å². The summed E-state index contributed by atoms with van der Waals surface area (Å²) < 4.78 is 5.11. The minimum atomic E-state index is 0.125. The first kappa shape index (κ1) is 12.6. The standard InChI is InChI=1S/C12H15NO2S/c1-9(14)16-7-3-4-10-5-6-11(13)12(8-10)15-2/h3-6,8H,7,13H2,1-2H3. The first-order chi connectivity index (χ1) is 7.63. The van der Waals surface area contributed by atoms with Gasteiger partial charge in [-0.25, -0.2) is 0 Å². The van der Waals surface area contributed by atoms with Crippen molar-refractivity contribution in [2.75, 3.05) is 18.6 Å². The maximum absolute atomic E-state index is 10.7. The highest BCUT2D eigenvalue weighted by atomic mass is 32.2. The summed E-state index contributed by atoms with van der Waals surface area (Å²) >= 11 is 1.28. The first-order valence-electron chi connectivity index (χ1n) is 4.87. The summed E-state index contributed by atoms with van der Waals surface area (Å²) in [4.78, 5) is 10.7. The third-order valence-electron chi connectivity index (χ3n) is 1.95. The van der Waals surface area contributed by atoms with Gasteiger partial charge in [-0.2, -0.15) is 0 Å². The maximum Gasteiger partial charge on any atom is 0.186 e. The summed E-state index contributed by atoms with van der Waals surface area (Å²) in [7, 11) is 1.59. The van der Waals surface area contributed by atoms with E-state index in [1.165, 1.54) is 11.8 Å². The zero-order valence-electron chi connectivity index (χ0n) is 9.40. The fraction of sp³-hybridized carbons (Fsp3) is 0.250. The van der Waals surface area contributed by atoms with Crippen LogP contribution in [0.1, 0.15) is 12.5 Å². The Morgan fingerprint density at radius 1 is 1.56 bits per heavy atom. The highest BCUT2D eigenvalue weighted by molar-refractivity contribution is 8.13. The Labute approximate surface area is 99.7 Å². The number of hydrogen-bond acceptors (Lipinski definition) is 4. The van der Waals surface area contributed by atoms with Crippen LogP contribution in [-0.2, 0) is 4.79 Å². The average molecular weight is 237 g/mol. The fourth-order valence-corrected chi connectivity index (χ4v) is 1.61. The Hall–Kier alpha value is -1.42. The Morgan fingerprint density at radius 3 is 2.94 bits per heavy atom. The van der Waals surface area contributed by atoms with Crippen molar-refractivity contribution in [3.05, 3.63) is 29.8 Å². The van der Waals surface area contributed by atoms with Crippen LogP contribution >= 0.6 is 11.8 Å². The minimum absolute atomic E-state index is 0.125. The molecule has 0 radical (unpaired) electrons. The number of ether oxygens (including phenoxy) is 1. The van der Waals surface area contributed by atoms with Crippen molar-refractivity contribution in [2.24, 2.45) is 0 Å². The van der Waals surface area contributed by atoms with E-state index in [0.29, 0.717) is 17.2 Å². The highest BCUT2D eigenvalue weighted by Gasteiger charge is 1.98. The summed E-state index contributed by atoms with van der Waals surface area (Å²) in [5, 5.41) is 0.125. The minimum Gasteiger partial charge on any atom is -0.495 e. The van der Waals surface area contributed by atoms with Crippen LogP contribution in [0.25, 0.3) is 6.08 Å². The number of anilines is 1. The van der Waals surface area contributed by atoms with E-state index in [0.717, 1.165) is 5.56 Å². The van der Waals surface area contributed by atoms with E-state index in [1.54, 1.807) is 20.1 Å². The summed E-state index contributed by atoms with van der Waals surface area (Å²) in [6, 6.07) is 5.58. The molecule has 0 bridgehead atoms. The smallest absolute Gasteiger partial charge is 0.186 e. The van der Waals surface area contributed by atoms with Crippen LogP contribution < -0.4 is 10.5 Å². The fourth-order valence-electron chi connectivity index (χ4n) is 1.18. The van der Waals surface area contributed by atoms with Crippen molar-refractivity contribution in [2.45, 2.75) is 6.92 Å². The van der Waals surface area contributed by atoms with Crippen molar-refractivity contribution >= 4 is 28.6 Å². The van der Waals surface area contributed by atoms with Crippen molar-refractivity contribution in [1.82, 2.24) is 0 Å². The number of nitrogens with two attached hydrogens (primary N) is 1. The molecule has 0 atom stereocenters. The lowest BCUT2D eigenvalue weighted by atomic mass is 10.2. The lowest BCUT2D eigenvalue weighted by Gasteiger charge is -2.04. The molecule has 0 aromatic heterocycles. The van der Waals surface area contributed by atoms with Crippen LogP contribution in [0, 0.1) is 0 Å². The number of nitrogen functional groups attached to an aromatic ring is 1. The molecule has 0 saturated carbocycles. The first-order valence-corrected chi connectivity index (χ1v) is 5.85. The molecule has 1 aromatic rings. The Balaban J connectivity index is 2.63. The molecule has 1 rings (SSSR count). The molecule has 0 spiro atoms. The predicted molar refractivity (Wildman–Crippen MR) is 69.6 cm³/mol. The second-order valence-corrected chi connectivity index (χ2v) is 4.40. The zero-order chi connectivity index (χ0) is 12.0. The molecule has 0 heterocycles. The van der Waals surface area contributed by atoms with E-state index in [-0.39, 0.29) is 5.12 Å². The molecule has 0 aliphatic rings. The highest BCUT2D eigenvalue weighted by Crippen LogP contribution is 2.22. The molecule has 86 valence electrons. The molecule has 3 nitrogen and oxygen atoms in total. The summed E-state index contributed by atoms with van der Waals surface area (Å²) in [5.41, 5.74) is 7.33. The van der Waals surface area contributed by atoms with Gasteiger partial charge >= 0.3 is 0 Å². The second-order valence-electron chi connectivity index (χ2n) is 3.21. The van der Waals surface area contributed by atoms with Gasteiger partial charge < -0.3 is 10.5 Å². The quantitative estimate of drug-likeness (QED) is 0.818. The van der Waals surface area contributed by atoms with Gasteiger partial charge in [-0.1, -0.05) is 30.0 Å². The topological polar surface area (TPSA) is 52.3 Å². The monoisotopic (exact) mass is 237 g/mol. The average Bonchev–Trinajstić information content (AvgIpc) is 2.26. The summed E-state index contributed by atoms with van der Waals surface area (Å²) in [6.45, 7) is 1.56. The number of rotatable bonds is 4. The molecular formula is C12H15NO2S. The lowest BCUT2D eigenvalue weighted by molar-refractivity contribution is -0.109. The molecule has 0 saturated heterocycles. The Kier molecular flexibility index (Phi) is 4.92. The van der Waals surface area contributed by atoms with Crippen LogP contribution in [-0.4, -0.2) is 18.0 Å². The zero-order valence-corrected chi connectivity index (χ0v) is 10.2. The number of carbonyl (C=O) groups excluding carboxylic acids is 1. The molecular weight excluding hydrogens is 222 g/mol. The molecule has 0 amide bonds. The van der Waals surface area contributed by atoms with E-state index in [2.05, 4.69) is 0 Å². The van der Waals surface area contributed by atoms with E-state index in [9.17, 15) is 4.79 Å².